The fourth-order valence-electron chi connectivity index (χ4n) is 1.14. The summed E-state index contributed by atoms with van der Waals surface area (Å²) in [5, 5.41) is 4.09. The molecule has 2 rings (SSSR count). The molecule has 0 bridgehead atoms. The van der Waals surface area contributed by atoms with Crippen LogP contribution in [0, 0.1) is 0 Å². The van der Waals surface area contributed by atoms with Gasteiger partial charge in [0.15, 0.2) is 0 Å². The number of nitrogens with zero attached hydrogens (tertiary/aromatic N) is 2. The third-order valence-electron chi connectivity index (χ3n) is 1.68. The number of hydrogen-bond donors (Lipinski definition) is 0. The van der Waals surface area contributed by atoms with Crippen molar-refractivity contribution in [1.82, 2.24) is 9.61 Å². The summed E-state index contributed by atoms with van der Waals surface area (Å²) in [6.07, 6.45) is 1.74. The predicted octanol–water partition coefficient (Wildman–Crippen LogP) is 1.89. The van der Waals surface area contributed by atoms with Crippen molar-refractivity contribution >= 4 is 5.52 Å². The molecule has 0 amide bonds. The summed E-state index contributed by atoms with van der Waals surface area (Å²) in [5.41, 5.74) is 9.18. The first-order valence-corrected chi connectivity index (χ1v) is 3.48. The molecule has 0 aliphatic rings. The van der Waals surface area contributed by atoms with Gasteiger partial charge in [0.25, 0.3) is 0 Å². The molecule has 0 saturated carbocycles. The second-order valence-electron chi connectivity index (χ2n) is 2.36. The number of nitrogens with one attached hydrogen (secondary N) is 1. The highest BCUT2D eigenvalue weighted by molar-refractivity contribution is 5.46. The molecule has 0 fully saturated rings. The van der Waals surface area contributed by atoms with Crippen molar-refractivity contribution in [2.75, 3.05) is 0 Å². The molecule has 56 valence electrons. The van der Waals surface area contributed by atoms with E-state index in [4.69, 9.17) is 5.73 Å². The molecule has 1 N–H and O–H groups in total. The van der Waals surface area contributed by atoms with Gasteiger partial charge in [-0.25, -0.2) is 4.52 Å². The summed E-state index contributed by atoms with van der Waals surface area (Å²) < 4.78 is 1.78. The third-order valence-corrected chi connectivity index (χ3v) is 1.68. The van der Waals surface area contributed by atoms with Gasteiger partial charge in [0, 0.05) is 11.9 Å². The van der Waals surface area contributed by atoms with Gasteiger partial charge in [0.1, 0.15) is 0 Å². The lowest BCUT2D eigenvalue weighted by atomic mass is 10.3. The molecule has 2 heterocycles. The van der Waals surface area contributed by atoms with Gasteiger partial charge in [-0.05, 0) is 18.2 Å². The van der Waals surface area contributed by atoms with Crippen LogP contribution in [-0.2, 0) is 6.54 Å². The van der Waals surface area contributed by atoms with Crippen molar-refractivity contribution < 1.29 is 0 Å². The van der Waals surface area contributed by atoms with Crippen molar-refractivity contribution in [3.63, 3.8) is 0 Å². The van der Waals surface area contributed by atoms with Gasteiger partial charge in [-0.3, -0.25) is 0 Å². The maximum atomic E-state index is 7.20. The molecule has 0 aliphatic heterocycles. The Bertz CT molecular complexity index is 364. The molecule has 2 aromatic rings. The van der Waals surface area contributed by atoms with Crippen LogP contribution < -0.4 is 0 Å². The highest BCUT2D eigenvalue weighted by Crippen LogP contribution is 2.06. The molecular formula is C8H8N3-. The minimum absolute atomic E-state index is 0.277. The largest absolute Gasteiger partial charge is 0.672 e. The Morgan fingerprint density at radius 2 is 2.27 bits per heavy atom. The monoisotopic (exact) mass is 146 g/mol. The van der Waals surface area contributed by atoms with Crippen LogP contribution in [0.4, 0.5) is 0 Å². The van der Waals surface area contributed by atoms with Gasteiger partial charge >= 0.3 is 0 Å². The molecule has 3 nitrogen and oxygen atoms in total. The van der Waals surface area contributed by atoms with Crippen LogP contribution in [0.1, 0.15) is 5.69 Å². The highest BCUT2D eigenvalue weighted by Gasteiger charge is 1.93. The van der Waals surface area contributed by atoms with E-state index in [0.717, 1.165) is 11.2 Å². The zero-order valence-electron chi connectivity index (χ0n) is 5.99. The van der Waals surface area contributed by atoms with E-state index in [1.54, 1.807) is 10.7 Å². The van der Waals surface area contributed by atoms with Crippen molar-refractivity contribution in [3.05, 3.63) is 41.9 Å². The zero-order chi connectivity index (χ0) is 7.68. The quantitative estimate of drug-likeness (QED) is 0.605. The maximum Gasteiger partial charge on any atom is 0.0663 e. The van der Waals surface area contributed by atoms with E-state index in [1.807, 2.05) is 24.3 Å². The SMILES string of the molecule is [NH-]Cc1cccc2ccnn12. The van der Waals surface area contributed by atoms with Gasteiger partial charge in [-0.1, -0.05) is 6.07 Å². The molecule has 0 atom stereocenters. The Labute approximate surface area is 64.4 Å². The maximum absolute atomic E-state index is 7.20. The Morgan fingerprint density at radius 1 is 1.36 bits per heavy atom. The molecule has 0 radical (unpaired) electrons. The van der Waals surface area contributed by atoms with E-state index in [1.165, 1.54) is 0 Å². The van der Waals surface area contributed by atoms with Crippen molar-refractivity contribution in [2.24, 2.45) is 0 Å². The van der Waals surface area contributed by atoms with Crippen LogP contribution in [0.15, 0.2) is 30.5 Å². The lowest BCUT2D eigenvalue weighted by Crippen LogP contribution is -1.94. The Kier molecular flexibility index (Phi) is 1.36. The minimum atomic E-state index is 0.277. The van der Waals surface area contributed by atoms with E-state index >= 15 is 0 Å². The van der Waals surface area contributed by atoms with Crippen LogP contribution in [0.3, 0.4) is 0 Å². The van der Waals surface area contributed by atoms with E-state index in [-0.39, 0.29) is 6.54 Å². The summed E-state index contributed by atoms with van der Waals surface area (Å²) in [7, 11) is 0. The Hall–Kier alpha value is -1.35. The van der Waals surface area contributed by atoms with E-state index in [9.17, 15) is 0 Å². The Balaban J connectivity index is 2.79. The lowest BCUT2D eigenvalue weighted by molar-refractivity contribution is 0.889. The van der Waals surface area contributed by atoms with Crippen LogP contribution in [0.25, 0.3) is 11.3 Å². The van der Waals surface area contributed by atoms with Gasteiger partial charge < -0.3 is 5.73 Å². The topological polar surface area (TPSA) is 41.1 Å². The normalized spacial score (nSPS) is 10.6. The average Bonchev–Trinajstić information content (AvgIpc) is 2.50. The molecule has 0 saturated heterocycles. The first-order chi connectivity index (χ1) is 5.42. The summed E-state index contributed by atoms with van der Waals surface area (Å²) >= 11 is 0. The van der Waals surface area contributed by atoms with Crippen LogP contribution in [-0.4, -0.2) is 9.61 Å². The number of hydrogen-bond acceptors (Lipinski definition) is 1. The lowest BCUT2D eigenvalue weighted by Gasteiger charge is -2.04. The van der Waals surface area contributed by atoms with Crippen LogP contribution >= 0.6 is 0 Å². The number of pyridine rings is 1. The fraction of sp³-hybridized carbons (Fsp3) is 0.125. The molecule has 3 heteroatoms. The number of aromatic nitrogens is 2. The number of fused-ring (bicyclic) bond motifs is 1. The predicted molar refractivity (Wildman–Crippen MR) is 43.2 cm³/mol. The summed E-state index contributed by atoms with van der Waals surface area (Å²) in [4.78, 5) is 0. The van der Waals surface area contributed by atoms with E-state index in [0.29, 0.717) is 0 Å². The van der Waals surface area contributed by atoms with Gasteiger partial charge in [0.2, 0.25) is 0 Å². The minimum Gasteiger partial charge on any atom is -0.672 e. The first kappa shape index (κ1) is 6.37. The molecule has 0 aliphatic carbocycles. The van der Waals surface area contributed by atoms with Crippen LogP contribution in [0.2, 0.25) is 0 Å². The summed E-state index contributed by atoms with van der Waals surface area (Å²) in [6, 6.07) is 7.76. The molecular weight excluding hydrogens is 138 g/mol. The second kappa shape index (κ2) is 2.36. The van der Waals surface area contributed by atoms with Gasteiger partial charge in [0.05, 0.1) is 5.52 Å². The smallest absolute Gasteiger partial charge is 0.0663 e. The zero-order valence-corrected chi connectivity index (χ0v) is 5.99. The van der Waals surface area contributed by atoms with E-state index in [2.05, 4.69) is 5.10 Å². The van der Waals surface area contributed by atoms with Crippen molar-refractivity contribution in [2.45, 2.75) is 6.54 Å². The third kappa shape index (κ3) is 0.897. The standard InChI is InChI=1S/C8H8N3/c9-6-8-3-1-2-7-4-5-10-11(7)8/h1-5,9H,6H2/q-1. The highest BCUT2D eigenvalue weighted by atomic mass is 15.2. The summed E-state index contributed by atoms with van der Waals surface area (Å²) in [6.45, 7) is 0.277. The molecule has 0 aromatic carbocycles. The average molecular weight is 146 g/mol. The number of rotatable bonds is 1. The first-order valence-electron chi connectivity index (χ1n) is 3.48. The fourth-order valence-corrected chi connectivity index (χ4v) is 1.14. The molecule has 2 aromatic heterocycles. The van der Waals surface area contributed by atoms with Gasteiger partial charge in [-0.15, -0.1) is 6.54 Å². The van der Waals surface area contributed by atoms with Crippen molar-refractivity contribution in [3.8, 4) is 0 Å². The molecule has 11 heavy (non-hydrogen) atoms. The summed E-state index contributed by atoms with van der Waals surface area (Å²) in [5.74, 6) is 0. The van der Waals surface area contributed by atoms with Crippen LogP contribution in [0.5, 0.6) is 0 Å². The van der Waals surface area contributed by atoms with Gasteiger partial charge in [-0.2, -0.15) is 5.10 Å². The van der Waals surface area contributed by atoms with E-state index < -0.39 is 0 Å². The Morgan fingerprint density at radius 3 is 3.09 bits per heavy atom. The van der Waals surface area contributed by atoms with Crippen molar-refractivity contribution in [1.29, 1.82) is 0 Å². The second-order valence-corrected chi connectivity index (χ2v) is 2.36. The molecule has 0 unspecified atom stereocenters. The molecule has 0 spiro atoms.